The van der Waals surface area contributed by atoms with E-state index in [0.29, 0.717) is 18.9 Å². The number of para-hydroxylation sites is 1. The van der Waals surface area contributed by atoms with Crippen molar-refractivity contribution in [2.75, 3.05) is 11.9 Å². The number of carbonyl (C=O) groups excluding carboxylic acids is 1. The average Bonchev–Trinajstić information content (AvgIpc) is 2.54. The Kier molecular flexibility index (Phi) is 5.82. The van der Waals surface area contributed by atoms with E-state index < -0.39 is 4.92 Å². The van der Waals surface area contributed by atoms with Crippen molar-refractivity contribution in [3.8, 4) is 0 Å². The molecule has 0 saturated heterocycles. The van der Waals surface area contributed by atoms with Crippen LogP contribution in [0.15, 0.2) is 48.5 Å². The van der Waals surface area contributed by atoms with E-state index in [1.54, 1.807) is 12.1 Å². The summed E-state index contributed by atoms with van der Waals surface area (Å²) in [5, 5.41) is 13.5. The van der Waals surface area contributed by atoms with Crippen LogP contribution in [0.1, 0.15) is 18.1 Å². The number of ether oxygens (including phenoxy) is 1. The van der Waals surface area contributed by atoms with Crippen LogP contribution < -0.4 is 5.32 Å². The summed E-state index contributed by atoms with van der Waals surface area (Å²) in [5.41, 5.74) is 2.35. The molecule has 0 radical (unpaired) electrons. The highest BCUT2D eigenvalue weighted by Crippen LogP contribution is 2.17. The summed E-state index contributed by atoms with van der Waals surface area (Å²) in [7, 11) is 0. The number of rotatable bonds is 7. The molecule has 2 rings (SSSR count). The number of hydrogen-bond acceptors (Lipinski definition) is 4. The highest BCUT2D eigenvalue weighted by Gasteiger charge is 2.09. The van der Waals surface area contributed by atoms with Gasteiger partial charge in [0, 0.05) is 30.0 Å². The molecule has 0 unspecified atom stereocenters. The SMILES string of the molecule is CCOCc1ccccc1NC(=O)Cc1ccc([N+](=O)[O-])cc1. The van der Waals surface area contributed by atoms with E-state index in [2.05, 4.69) is 5.32 Å². The number of amides is 1. The van der Waals surface area contributed by atoms with Gasteiger partial charge in [-0.05, 0) is 18.6 Å². The van der Waals surface area contributed by atoms with Crippen molar-refractivity contribution in [1.82, 2.24) is 0 Å². The summed E-state index contributed by atoms with van der Waals surface area (Å²) >= 11 is 0. The molecular weight excluding hydrogens is 296 g/mol. The van der Waals surface area contributed by atoms with E-state index in [-0.39, 0.29) is 18.0 Å². The lowest BCUT2D eigenvalue weighted by atomic mass is 10.1. The predicted molar refractivity (Wildman–Crippen MR) is 87.2 cm³/mol. The van der Waals surface area contributed by atoms with Crippen LogP contribution in [0.2, 0.25) is 0 Å². The number of anilines is 1. The molecule has 2 aromatic carbocycles. The van der Waals surface area contributed by atoms with E-state index in [9.17, 15) is 14.9 Å². The van der Waals surface area contributed by atoms with Gasteiger partial charge in [0.1, 0.15) is 0 Å². The van der Waals surface area contributed by atoms with Crippen LogP contribution in [-0.2, 0) is 22.6 Å². The standard InChI is InChI=1S/C17H18N2O4/c1-2-23-12-14-5-3-4-6-16(14)18-17(20)11-13-7-9-15(10-8-13)19(21)22/h3-10H,2,11-12H2,1H3,(H,18,20). The molecule has 0 fully saturated rings. The molecule has 120 valence electrons. The number of benzene rings is 2. The summed E-state index contributed by atoms with van der Waals surface area (Å²) in [6, 6.07) is 13.4. The maximum atomic E-state index is 12.1. The van der Waals surface area contributed by atoms with Gasteiger partial charge in [0.2, 0.25) is 5.91 Å². The van der Waals surface area contributed by atoms with Crippen molar-refractivity contribution in [3.05, 3.63) is 69.8 Å². The number of nitro groups is 1. The zero-order valence-electron chi connectivity index (χ0n) is 12.8. The first kappa shape index (κ1) is 16.6. The van der Waals surface area contributed by atoms with E-state index in [0.717, 1.165) is 11.1 Å². The normalized spacial score (nSPS) is 10.3. The molecule has 23 heavy (non-hydrogen) atoms. The van der Waals surface area contributed by atoms with Gasteiger partial charge in [-0.15, -0.1) is 0 Å². The Morgan fingerprint density at radius 2 is 1.87 bits per heavy atom. The van der Waals surface area contributed by atoms with Crippen molar-refractivity contribution in [2.24, 2.45) is 0 Å². The molecule has 0 aromatic heterocycles. The molecule has 1 N–H and O–H groups in total. The Morgan fingerprint density at radius 3 is 2.52 bits per heavy atom. The van der Waals surface area contributed by atoms with Crippen LogP contribution in [0.4, 0.5) is 11.4 Å². The van der Waals surface area contributed by atoms with Crippen molar-refractivity contribution >= 4 is 17.3 Å². The van der Waals surface area contributed by atoms with Gasteiger partial charge in [-0.25, -0.2) is 0 Å². The lowest BCUT2D eigenvalue weighted by Crippen LogP contribution is -2.15. The van der Waals surface area contributed by atoms with Gasteiger partial charge in [0.15, 0.2) is 0 Å². The number of nitrogens with zero attached hydrogens (tertiary/aromatic N) is 1. The summed E-state index contributed by atoms with van der Waals surface area (Å²) in [5.74, 6) is -0.178. The Hall–Kier alpha value is -2.73. The predicted octanol–water partition coefficient (Wildman–Crippen LogP) is 3.31. The molecule has 6 heteroatoms. The Morgan fingerprint density at radius 1 is 1.17 bits per heavy atom. The zero-order valence-corrected chi connectivity index (χ0v) is 12.8. The van der Waals surface area contributed by atoms with Crippen molar-refractivity contribution in [1.29, 1.82) is 0 Å². The molecule has 1 amide bonds. The lowest BCUT2D eigenvalue weighted by Gasteiger charge is -2.11. The number of hydrogen-bond donors (Lipinski definition) is 1. The van der Waals surface area contributed by atoms with Crippen molar-refractivity contribution in [3.63, 3.8) is 0 Å². The van der Waals surface area contributed by atoms with Gasteiger partial charge in [-0.2, -0.15) is 0 Å². The second-order valence-corrected chi connectivity index (χ2v) is 4.94. The highest BCUT2D eigenvalue weighted by molar-refractivity contribution is 5.93. The molecule has 2 aromatic rings. The Balaban J connectivity index is 2.00. The fourth-order valence-corrected chi connectivity index (χ4v) is 2.10. The van der Waals surface area contributed by atoms with Gasteiger partial charge in [0.25, 0.3) is 5.69 Å². The van der Waals surface area contributed by atoms with Gasteiger partial charge >= 0.3 is 0 Å². The molecule has 0 aliphatic heterocycles. The molecular formula is C17H18N2O4. The van der Waals surface area contributed by atoms with Crippen LogP contribution in [0.3, 0.4) is 0 Å². The third-order valence-corrected chi connectivity index (χ3v) is 3.26. The lowest BCUT2D eigenvalue weighted by molar-refractivity contribution is -0.384. The largest absolute Gasteiger partial charge is 0.377 e. The average molecular weight is 314 g/mol. The summed E-state index contributed by atoms with van der Waals surface area (Å²) in [4.78, 5) is 22.3. The van der Waals surface area contributed by atoms with Crippen molar-refractivity contribution < 1.29 is 14.5 Å². The molecule has 0 heterocycles. The first-order valence-corrected chi connectivity index (χ1v) is 7.29. The fraction of sp³-hybridized carbons (Fsp3) is 0.235. The van der Waals surface area contributed by atoms with Crippen LogP contribution in [0, 0.1) is 10.1 Å². The second-order valence-electron chi connectivity index (χ2n) is 4.94. The molecule has 0 atom stereocenters. The minimum absolute atomic E-state index is 0.0104. The third-order valence-electron chi connectivity index (χ3n) is 3.26. The maximum Gasteiger partial charge on any atom is 0.269 e. The molecule has 0 aliphatic rings. The first-order chi connectivity index (χ1) is 11.1. The summed E-state index contributed by atoms with van der Waals surface area (Å²) in [6.45, 7) is 2.95. The quantitative estimate of drug-likeness (QED) is 0.628. The Bertz CT molecular complexity index is 683. The monoisotopic (exact) mass is 314 g/mol. The van der Waals surface area contributed by atoms with E-state index in [1.165, 1.54) is 12.1 Å². The van der Waals surface area contributed by atoms with Gasteiger partial charge in [0.05, 0.1) is 18.0 Å². The molecule has 0 saturated carbocycles. The summed E-state index contributed by atoms with van der Waals surface area (Å²) in [6.07, 6.45) is 0.154. The smallest absolute Gasteiger partial charge is 0.269 e. The minimum atomic E-state index is -0.464. The number of carbonyl (C=O) groups is 1. The minimum Gasteiger partial charge on any atom is -0.377 e. The summed E-state index contributed by atoms with van der Waals surface area (Å²) < 4.78 is 5.38. The second kappa shape index (κ2) is 8.05. The number of nitrogens with one attached hydrogen (secondary N) is 1. The van der Waals surface area contributed by atoms with Crippen molar-refractivity contribution in [2.45, 2.75) is 20.0 Å². The highest BCUT2D eigenvalue weighted by atomic mass is 16.6. The van der Waals surface area contributed by atoms with Crippen LogP contribution in [0.25, 0.3) is 0 Å². The van der Waals surface area contributed by atoms with E-state index >= 15 is 0 Å². The zero-order chi connectivity index (χ0) is 16.7. The molecule has 0 spiro atoms. The van der Waals surface area contributed by atoms with Gasteiger partial charge in [-0.1, -0.05) is 30.3 Å². The van der Waals surface area contributed by atoms with Crippen LogP contribution >= 0.6 is 0 Å². The fourth-order valence-electron chi connectivity index (χ4n) is 2.10. The first-order valence-electron chi connectivity index (χ1n) is 7.29. The van der Waals surface area contributed by atoms with E-state index in [4.69, 9.17) is 4.74 Å². The molecule has 0 bridgehead atoms. The number of non-ortho nitro benzene ring substituents is 1. The van der Waals surface area contributed by atoms with Crippen LogP contribution in [0.5, 0.6) is 0 Å². The van der Waals surface area contributed by atoms with Gasteiger partial charge in [-0.3, -0.25) is 14.9 Å². The van der Waals surface area contributed by atoms with Crippen LogP contribution in [-0.4, -0.2) is 17.4 Å². The molecule has 6 nitrogen and oxygen atoms in total. The van der Waals surface area contributed by atoms with E-state index in [1.807, 2.05) is 31.2 Å². The number of nitro benzene ring substituents is 1. The van der Waals surface area contributed by atoms with Gasteiger partial charge < -0.3 is 10.1 Å². The maximum absolute atomic E-state index is 12.1. The Labute approximate surface area is 134 Å². The third kappa shape index (κ3) is 4.89. The molecule has 0 aliphatic carbocycles. The topological polar surface area (TPSA) is 81.5 Å².